The Morgan fingerprint density at radius 3 is 2.67 bits per heavy atom. The molecule has 0 aromatic carbocycles. The lowest BCUT2D eigenvalue weighted by Gasteiger charge is -1.90. The summed E-state index contributed by atoms with van der Waals surface area (Å²) in [6.45, 7) is 4.70. The van der Waals surface area contributed by atoms with Crippen molar-refractivity contribution >= 4 is 23.1 Å². The van der Waals surface area contributed by atoms with Crippen molar-refractivity contribution in [1.82, 2.24) is 0 Å². The third-order valence-corrected chi connectivity index (χ3v) is 1.32. The number of nitrogens with zero attached hydrogens (tertiary/aromatic N) is 2. The van der Waals surface area contributed by atoms with Gasteiger partial charge in [0.15, 0.2) is 5.17 Å². The fourth-order valence-corrected chi connectivity index (χ4v) is 0.873. The first-order valence-corrected chi connectivity index (χ1v) is 4.14. The number of hydrogen-bond donors (Lipinski definition) is 0. The molecule has 9 heavy (non-hydrogen) atoms. The van der Waals surface area contributed by atoms with Gasteiger partial charge in [0.1, 0.15) is 0 Å². The molecule has 0 N–H and O–H groups in total. The summed E-state index contributed by atoms with van der Waals surface area (Å²) in [6, 6.07) is 0. The fourth-order valence-electron chi connectivity index (χ4n) is 0.404. The lowest BCUT2D eigenvalue weighted by Crippen LogP contribution is -1.86. The average Bonchev–Trinajstić information content (AvgIpc) is 1.88. The van der Waals surface area contributed by atoms with E-state index in [0.29, 0.717) is 0 Å². The maximum atomic E-state index is 4.11. The third kappa shape index (κ3) is 4.21. The van der Waals surface area contributed by atoms with Crippen LogP contribution in [0.2, 0.25) is 0 Å². The van der Waals surface area contributed by atoms with Crippen LogP contribution in [0.5, 0.6) is 0 Å². The first-order chi connectivity index (χ1) is 4.35. The topological polar surface area (TPSA) is 24.7 Å². The number of thioether (sulfide) groups is 1. The lowest BCUT2D eigenvalue weighted by molar-refractivity contribution is 1.13. The molecule has 0 rings (SSSR count). The van der Waals surface area contributed by atoms with Crippen LogP contribution in [0.1, 0.15) is 13.8 Å². The second kappa shape index (κ2) is 5.82. The van der Waals surface area contributed by atoms with Crippen molar-refractivity contribution in [2.75, 3.05) is 12.8 Å². The Balaban J connectivity index is 3.81. The Morgan fingerprint density at radius 1 is 1.67 bits per heavy atom. The van der Waals surface area contributed by atoms with Crippen molar-refractivity contribution in [2.24, 2.45) is 9.98 Å². The minimum atomic E-state index is 0.813. The first-order valence-electron chi connectivity index (χ1n) is 2.92. The van der Waals surface area contributed by atoms with Gasteiger partial charge in [-0.3, -0.25) is 4.99 Å². The monoisotopic (exact) mass is 144 g/mol. The highest BCUT2D eigenvalue weighted by Crippen LogP contribution is 1.98. The summed E-state index contributed by atoms with van der Waals surface area (Å²) in [7, 11) is 0. The molecule has 0 aliphatic heterocycles. The van der Waals surface area contributed by atoms with Crippen LogP contribution in [0.4, 0.5) is 0 Å². The normalized spacial score (nSPS) is 13.0. The van der Waals surface area contributed by atoms with Crippen molar-refractivity contribution in [3.05, 3.63) is 0 Å². The maximum absolute atomic E-state index is 4.11. The molecule has 0 aromatic rings. The predicted molar refractivity (Wildman–Crippen MR) is 45.7 cm³/mol. The molecule has 0 spiro atoms. The highest BCUT2D eigenvalue weighted by Gasteiger charge is 1.86. The van der Waals surface area contributed by atoms with E-state index in [4.69, 9.17) is 0 Å². The molecule has 0 heterocycles. The Labute approximate surface area is 60.5 Å². The zero-order chi connectivity index (χ0) is 7.11. The third-order valence-electron chi connectivity index (χ3n) is 0.715. The van der Waals surface area contributed by atoms with Gasteiger partial charge < -0.3 is 0 Å². The van der Waals surface area contributed by atoms with Gasteiger partial charge in [0.25, 0.3) is 0 Å². The van der Waals surface area contributed by atoms with E-state index in [2.05, 4.69) is 9.98 Å². The Bertz CT molecular complexity index is 118. The molecular weight excluding hydrogens is 132 g/mol. The van der Waals surface area contributed by atoms with E-state index in [-0.39, 0.29) is 0 Å². The lowest BCUT2D eigenvalue weighted by atomic mass is 10.8. The molecule has 0 bridgehead atoms. The molecule has 0 aliphatic rings. The van der Waals surface area contributed by atoms with E-state index in [9.17, 15) is 0 Å². The molecule has 0 aliphatic carbocycles. The number of aliphatic imine (C=N–C) groups is 2. The van der Waals surface area contributed by atoms with Gasteiger partial charge in [0, 0.05) is 12.8 Å². The van der Waals surface area contributed by atoms with Crippen LogP contribution >= 0.6 is 11.8 Å². The van der Waals surface area contributed by atoms with Crippen LogP contribution in [-0.4, -0.2) is 24.2 Å². The smallest absolute Gasteiger partial charge is 0.182 e. The molecule has 52 valence electrons. The second-order valence-electron chi connectivity index (χ2n) is 1.35. The summed E-state index contributed by atoms with van der Waals surface area (Å²) in [5.74, 6) is 0. The van der Waals surface area contributed by atoms with Crippen LogP contribution in [0.3, 0.4) is 0 Å². The van der Waals surface area contributed by atoms with Gasteiger partial charge >= 0.3 is 0 Å². The van der Waals surface area contributed by atoms with E-state index in [1.807, 2.05) is 20.1 Å². The molecule has 0 aromatic heterocycles. The quantitative estimate of drug-likeness (QED) is 0.407. The van der Waals surface area contributed by atoms with Crippen molar-refractivity contribution in [2.45, 2.75) is 13.8 Å². The predicted octanol–water partition coefficient (Wildman–Crippen LogP) is 1.82. The molecule has 0 saturated carbocycles. The molecule has 0 saturated heterocycles. The van der Waals surface area contributed by atoms with E-state index in [1.54, 1.807) is 18.0 Å². The van der Waals surface area contributed by atoms with Gasteiger partial charge in [-0.25, -0.2) is 4.99 Å². The van der Waals surface area contributed by atoms with Crippen LogP contribution in [0.25, 0.3) is 0 Å². The number of hydrogen-bond acceptors (Lipinski definition) is 2. The molecular formula is C6H12N2S. The standard InChI is InChI=1S/C6H12N2S/c1-4-7-6(9-3)8-5-2/h4H,5H2,1-3H3/b7-4-,8-6?. The Morgan fingerprint density at radius 2 is 2.33 bits per heavy atom. The summed E-state index contributed by atoms with van der Waals surface area (Å²) < 4.78 is 0. The molecule has 0 atom stereocenters. The molecule has 0 radical (unpaired) electrons. The van der Waals surface area contributed by atoms with Crippen LogP contribution in [0.15, 0.2) is 9.98 Å². The summed E-state index contributed by atoms with van der Waals surface area (Å²) in [5.41, 5.74) is 0. The zero-order valence-electron chi connectivity index (χ0n) is 6.09. The molecule has 0 amide bonds. The van der Waals surface area contributed by atoms with E-state index in [1.165, 1.54) is 0 Å². The maximum Gasteiger partial charge on any atom is 0.182 e. The van der Waals surface area contributed by atoms with Gasteiger partial charge in [0.2, 0.25) is 0 Å². The minimum Gasteiger partial charge on any atom is -0.261 e. The van der Waals surface area contributed by atoms with E-state index >= 15 is 0 Å². The van der Waals surface area contributed by atoms with Crippen molar-refractivity contribution in [3.63, 3.8) is 0 Å². The van der Waals surface area contributed by atoms with Crippen molar-refractivity contribution in [1.29, 1.82) is 0 Å². The fraction of sp³-hybridized carbons (Fsp3) is 0.667. The Hall–Kier alpha value is -0.310. The first kappa shape index (κ1) is 8.69. The highest BCUT2D eigenvalue weighted by molar-refractivity contribution is 8.13. The van der Waals surface area contributed by atoms with Gasteiger partial charge in [-0.05, 0) is 20.1 Å². The van der Waals surface area contributed by atoms with Crippen LogP contribution < -0.4 is 0 Å². The van der Waals surface area contributed by atoms with Gasteiger partial charge in [-0.2, -0.15) is 0 Å². The van der Waals surface area contributed by atoms with E-state index in [0.717, 1.165) is 11.7 Å². The molecule has 3 heteroatoms. The highest BCUT2D eigenvalue weighted by atomic mass is 32.2. The second-order valence-corrected chi connectivity index (χ2v) is 2.12. The van der Waals surface area contributed by atoms with Gasteiger partial charge in [-0.15, -0.1) is 0 Å². The van der Waals surface area contributed by atoms with Crippen LogP contribution in [-0.2, 0) is 0 Å². The largest absolute Gasteiger partial charge is 0.261 e. The van der Waals surface area contributed by atoms with Crippen LogP contribution in [0, 0.1) is 0 Å². The molecule has 0 fully saturated rings. The number of rotatable bonds is 1. The summed E-state index contributed by atoms with van der Waals surface area (Å²) in [4.78, 5) is 8.13. The van der Waals surface area contributed by atoms with E-state index < -0.39 is 0 Å². The number of amidine groups is 1. The summed E-state index contributed by atoms with van der Waals surface area (Å²) in [6.07, 6.45) is 3.73. The van der Waals surface area contributed by atoms with Gasteiger partial charge in [0.05, 0.1) is 0 Å². The van der Waals surface area contributed by atoms with Crippen molar-refractivity contribution < 1.29 is 0 Å². The SMILES string of the molecule is C/C=N\C(=NCC)SC. The average molecular weight is 144 g/mol. The van der Waals surface area contributed by atoms with Gasteiger partial charge in [-0.1, -0.05) is 11.8 Å². The zero-order valence-corrected chi connectivity index (χ0v) is 6.90. The Kier molecular flexibility index (Phi) is 5.62. The summed E-state index contributed by atoms with van der Waals surface area (Å²) >= 11 is 1.57. The molecule has 2 nitrogen and oxygen atoms in total. The molecule has 0 unspecified atom stereocenters. The summed E-state index contributed by atoms with van der Waals surface area (Å²) in [5, 5.41) is 0.861. The van der Waals surface area contributed by atoms with Crippen molar-refractivity contribution in [3.8, 4) is 0 Å². The minimum absolute atomic E-state index is 0.813.